The van der Waals surface area contributed by atoms with E-state index in [-0.39, 0.29) is 6.61 Å². The Labute approximate surface area is 92.6 Å². The summed E-state index contributed by atoms with van der Waals surface area (Å²) in [5.74, 6) is 0.888. The molecule has 0 atom stereocenters. The Morgan fingerprint density at radius 1 is 1.27 bits per heavy atom. The second-order valence-corrected chi connectivity index (χ2v) is 4.11. The van der Waals surface area contributed by atoms with Gasteiger partial charge >= 0.3 is 0 Å². The van der Waals surface area contributed by atoms with E-state index in [1.165, 1.54) is 5.56 Å². The van der Waals surface area contributed by atoms with Crippen molar-refractivity contribution in [2.24, 2.45) is 0 Å². The smallest absolute Gasteiger partial charge is 0.165 e. The molecular formula is C11H12N2OS. The van der Waals surface area contributed by atoms with Crippen molar-refractivity contribution >= 4 is 11.8 Å². The molecule has 0 unspecified atom stereocenters. The Bertz CT molecular complexity index is 414. The van der Waals surface area contributed by atoms with Gasteiger partial charge in [-0.15, -0.1) is 0 Å². The summed E-state index contributed by atoms with van der Waals surface area (Å²) in [6.45, 7) is 0.0128. The summed E-state index contributed by atoms with van der Waals surface area (Å²) in [5, 5.41) is 9.71. The number of nitrogens with one attached hydrogen (secondary N) is 1. The van der Waals surface area contributed by atoms with Crippen molar-refractivity contribution in [3.8, 4) is 0 Å². The van der Waals surface area contributed by atoms with Crippen LogP contribution in [0.5, 0.6) is 0 Å². The molecule has 1 heterocycles. The van der Waals surface area contributed by atoms with E-state index in [1.54, 1.807) is 18.0 Å². The minimum absolute atomic E-state index is 0.0128. The summed E-state index contributed by atoms with van der Waals surface area (Å²) >= 11 is 1.63. The lowest BCUT2D eigenvalue weighted by molar-refractivity contribution is 0.277. The fourth-order valence-corrected chi connectivity index (χ4v) is 2.04. The highest BCUT2D eigenvalue weighted by molar-refractivity contribution is 7.98. The van der Waals surface area contributed by atoms with Gasteiger partial charge in [-0.2, -0.15) is 0 Å². The van der Waals surface area contributed by atoms with E-state index >= 15 is 0 Å². The molecule has 2 aromatic rings. The Kier molecular flexibility index (Phi) is 3.42. The molecule has 0 aliphatic heterocycles. The van der Waals surface area contributed by atoms with Crippen LogP contribution in [0.15, 0.2) is 41.7 Å². The number of H-pyrrole nitrogens is 1. The van der Waals surface area contributed by atoms with Crippen molar-refractivity contribution in [1.29, 1.82) is 0 Å². The van der Waals surface area contributed by atoms with Crippen molar-refractivity contribution in [3.63, 3.8) is 0 Å². The summed E-state index contributed by atoms with van der Waals surface area (Å²) in [6, 6.07) is 10.2. The van der Waals surface area contributed by atoms with Gasteiger partial charge in [-0.1, -0.05) is 42.1 Å². The lowest BCUT2D eigenvalue weighted by atomic mass is 10.2. The van der Waals surface area contributed by atoms with Crippen LogP contribution in [0.1, 0.15) is 11.3 Å². The third-order valence-electron chi connectivity index (χ3n) is 1.99. The second-order valence-electron chi connectivity index (χ2n) is 3.15. The standard InChI is InChI=1S/C11H12N2OS/c14-7-10-6-12-11(13-10)15-8-9-4-2-1-3-5-9/h1-6,14H,7-8H2,(H,12,13). The van der Waals surface area contributed by atoms with Crippen molar-refractivity contribution in [2.45, 2.75) is 17.5 Å². The normalized spacial score (nSPS) is 10.5. The first kappa shape index (κ1) is 10.3. The maximum absolute atomic E-state index is 8.86. The van der Waals surface area contributed by atoms with Crippen LogP contribution in [-0.4, -0.2) is 15.1 Å². The number of aliphatic hydroxyl groups is 1. The van der Waals surface area contributed by atoms with Crippen LogP contribution in [0.4, 0.5) is 0 Å². The third kappa shape index (κ3) is 2.84. The first-order valence-corrected chi connectivity index (χ1v) is 5.68. The van der Waals surface area contributed by atoms with Gasteiger partial charge in [0.25, 0.3) is 0 Å². The summed E-state index contributed by atoms with van der Waals surface area (Å²) in [5.41, 5.74) is 2.02. The van der Waals surface area contributed by atoms with E-state index in [0.29, 0.717) is 0 Å². The second kappa shape index (κ2) is 5.00. The van der Waals surface area contributed by atoms with Gasteiger partial charge in [0.1, 0.15) is 0 Å². The summed E-state index contributed by atoms with van der Waals surface area (Å²) in [7, 11) is 0. The van der Waals surface area contributed by atoms with Gasteiger partial charge in [0.05, 0.1) is 18.5 Å². The van der Waals surface area contributed by atoms with E-state index < -0.39 is 0 Å². The molecule has 0 aliphatic rings. The molecular weight excluding hydrogens is 208 g/mol. The number of rotatable bonds is 4. The van der Waals surface area contributed by atoms with E-state index in [9.17, 15) is 0 Å². The predicted molar refractivity (Wildman–Crippen MR) is 60.5 cm³/mol. The first-order chi connectivity index (χ1) is 7.38. The zero-order valence-electron chi connectivity index (χ0n) is 8.18. The number of imidazole rings is 1. The highest BCUT2D eigenvalue weighted by Gasteiger charge is 2.00. The molecule has 0 aliphatic carbocycles. The van der Waals surface area contributed by atoms with Crippen molar-refractivity contribution < 1.29 is 5.11 Å². The Morgan fingerprint density at radius 3 is 2.73 bits per heavy atom. The topological polar surface area (TPSA) is 48.9 Å². The van der Waals surface area contributed by atoms with Gasteiger partial charge in [-0.05, 0) is 5.56 Å². The van der Waals surface area contributed by atoms with Gasteiger partial charge in [0.2, 0.25) is 0 Å². The monoisotopic (exact) mass is 220 g/mol. The van der Waals surface area contributed by atoms with Crippen LogP contribution in [0.25, 0.3) is 0 Å². The minimum Gasteiger partial charge on any atom is -0.390 e. The van der Waals surface area contributed by atoms with Crippen LogP contribution >= 0.6 is 11.8 Å². The van der Waals surface area contributed by atoms with Crippen molar-refractivity contribution in [2.75, 3.05) is 0 Å². The third-order valence-corrected chi connectivity index (χ3v) is 2.95. The fraction of sp³-hybridized carbons (Fsp3) is 0.182. The molecule has 0 fully saturated rings. The van der Waals surface area contributed by atoms with Crippen LogP contribution in [0.3, 0.4) is 0 Å². The number of benzene rings is 1. The lowest BCUT2D eigenvalue weighted by Gasteiger charge is -1.97. The number of hydrogen-bond acceptors (Lipinski definition) is 3. The summed E-state index contributed by atoms with van der Waals surface area (Å²) in [4.78, 5) is 7.18. The Balaban J connectivity index is 1.93. The van der Waals surface area contributed by atoms with Gasteiger partial charge < -0.3 is 10.1 Å². The highest BCUT2D eigenvalue weighted by Crippen LogP contribution is 2.19. The van der Waals surface area contributed by atoms with Crippen LogP contribution in [0.2, 0.25) is 0 Å². The molecule has 3 nitrogen and oxygen atoms in total. The van der Waals surface area contributed by atoms with Gasteiger partial charge in [-0.25, -0.2) is 4.98 Å². The average molecular weight is 220 g/mol. The van der Waals surface area contributed by atoms with Crippen LogP contribution in [0, 0.1) is 0 Å². The van der Waals surface area contributed by atoms with E-state index in [1.807, 2.05) is 18.2 Å². The number of hydrogen-bond donors (Lipinski definition) is 2. The molecule has 1 aromatic carbocycles. The van der Waals surface area contributed by atoms with Crippen LogP contribution < -0.4 is 0 Å². The SMILES string of the molecule is OCc1cnc(SCc2ccccc2)[nH]1. The zero-order valence-corrected chi connectivity index (χ0v) is 9.00. The molecule has 78 valence electrons. The average Bonchev–Trinajstić information content (AvgIpc) is 2.76. The van der Waals surface area contributed by atoms with E-state index in [4.69, 9.17) is 5.11 Å². The molecule has 0 bridgehead atoms. The number of aliphatic hydroxyl groups excluding tert-OH is 1. The molecule has 0 saturated heterocycles. The predicted octanol–water partition coefficient (Wildman–Crippen LogP) is 2.19. The van der Waals surface area contributed by atoms with Crippen molar-refractivity contribution in [3.05, 3.63) is 47.8 Å². The zero-order chi connectivity index (χ0) is 10.5. The number of nitrogens with zero attached hydrogens (tertiary/aromatic N) is 1. The first-order valence-electron chi connectivity index (χ1n) is 4.70. The largest absolute Gasteiger partial charge is 0.390 e. The molecule has 0 amide bonds. The maximum Gasteiger partial charge on any atom is 0.165 e. The van der Waals surface area contributed by atoms with Crippen LogP contribution in [-0.2, 0) is 12.4 Å². The minimum atomic E-state index is 0.0128. The maximum atomic E-state index is 8.86. The number of thioether (sulfide) groups is 1. The molecule has 2 rings (SSSR count). The number of aromatic amines is 1. The molecule has 4 heteroatoms. The summed E-state index contributed by atoms with van der Waals surface area (Å²) < 4.78 is 0. The highest BCUT2D eigenvalue weighted by atomic mass is 32.2. The molecule has 0 radical (unpaired) electrons. The molecule has 2 N–H and O–H groups in total. The van der Waals surface area contributed by atoms with Gasteiger partial charge in [0.15, 0.2) is 5.16 Å². The molecule has 1 aromatic heterocycles. The van der Waals surface area contributed by atoms with Crippen molar-refractivity contribution in [1.82, 2.24) is 9.97 Å². The molecule has 0 spiro atoms. The molecule has 0 saturated carbocycles. The fourth-order valence-electron chi connectivity index (χ4n) is 1.22. The van der Waals surface area contributed by atoms with Gasteiger partial charge in [0, 0.05) is 5.75 Å². The van der Waals surface area contributed by atoms with E-state index in [0.717, 1.165) is 16.6 Å². The Hall–Kier alpha value is -1.26. The number of aromatic nitrogens is 2. The Morgan fingerprint density at radius 2 is 2.07 bits per heavy atom. The van der Waals surface area contributed by atoms with Gasteiger partial charge in [-0.3, -0.25) is 0 Å². The lowest BCUT2D eigenvalue weighted by Crippen LogP contribution is -1.83. The quantitative estimate of drug-likeness (QED) is 0.776. The summed E-state index contributed by atoms with van der Waals surface area (Å²) in [6.07, 6.45) is 1.66. The van der Waals surface area contributed by atoms with E-state index in [2.05, 4.69) is 22.1 Å². The molecule has 15 heavy (non-hydrogen) atoms.